The van der Waals surface area contributed by atoms with E-state index in [-0.39, 0.29) is 11.8 Å². The molecule has 0 aromatic heterocycles. The summed E-state index contributed by atoms with van der Waals surface area (Å²) in [6.45, 7) is 3.33. The fourth-order valence-electron chi connectivity index (χ4n) is 3.45. The van der Waals surface area contributed by atoms with Crippen LogP contribution in [0.25, 0.3) is 6.08 Å². The largest absolute Gasteiger partial charge is 0.496 e. The first-order valence-electron chi connectivity index (χ1n) is 10.2. The lowest BCUT2D eigenvalue weighted by molar-refractivity contribution is -0.132. The van der Waals surface area contributed by atoms with Crippen molar-refractivity contribution in [3.8, 4) is 11.5 Å². The number of benzene rings is 2. The van der Waals surface area contributed by atoms with Crippen LogP contribution in [0.1, 0.15) is 29.3 Å². The number of methoxy groups -OCH3 is 1. The van der Waals surface area contributed by atoms with Gasteiger partial charge < -0.3 is 19.3 Å². The minimum atomic E-state index is -0.435. The Labute approximate surface area is 181 Å². The number of hydrogen-bond donors (Lipinski definition) is 0. The topological polar surface area (TPSA) is 76.2 Å². The first kappa shape index (κ1) is 22.1. The molecular weight excluding hydrogens is 396 g/mol. The van der Waals surface area contributed by atoms with Crippen molar-refractivity contribution in [1.29, 1.82) is 0 Å². The Morgan fingerprint density at radius 1 is 0.935 bits per heavy atom. The van der Waals surface area contributed by atoms with Crippen molar-refractivity contribution >= 4 is 23.9 Å². The molecule has 0 saturated carbocycles. The minimum absolute atomic E-state index is 0.0999. The highest BCUT2D eigenvalue weighted by molar-refractivity contribution is 5.95. The molecule has 3 rings (SSSR count). The molecule has 0 unspecified atom stereocenters. The second kappa shape index (κ2) is 10.4. The van der Waals surface area contributed by atoms with E-state index in [1.807, 2.05) is 24.3 Å². The molecule has 1 aliphatic heterocycles. The molecule has 1 fully saturated rings. The molecule has 0 atom stereocenters. The number of carbonyl (C=O) groups excluding carboxylic acids is 3. The van der Waals surface area contributed by atoms with Crippen LogP contribution in [0.3, 0.4) is 0 Å². The summed E-state index contributed by atoms with van der Waals surface area (Å²) in [5, 5.41) is 0. The van der Waals surface area contributed by atoms with Gasteiger partial charge in [0.2, 0.25) is 5.91 Å². The van der Waals surface area contributed by atoms with E-state index in [1.165, 1.54) is 13.0 Å². The zero-order valence-electron chi connectivity index (χ0n) is 17.7. The molecule has 2 amide bonds. The third-order valence-corrected chi connectivity index (χ3v) is 4.98. The van der Waals surface area contributed by atoms with E-state index >= 15 is 0 Å². The molecule has 7 heteroatoms. The maximum atomic E-state index is 12.9. The molecule has 0 radical (unpaired) electrons. The van der Waals surface area contributed by atoms with Crippen LogP contribution in [-0.4, -0.2) is 60.9 Å². The SMILES string of the molecule is COc1ccccc1/C=C/C(=O)N1CCCN(C(=O)c2cccc(OC(C)=O)c2)CC1. The Kier molecular flexibility index (Phi) is 7.43. The van der Waals surface area contributed by atoms with E-state index in [0.717, 1.165) is 5.56 Å². The molecule has 1 aliphatic rings. The average Bonchev–Trinajstić information content (AvgIpc) is 3.03. The van der Waals surface area contributed by atoms with Crippen molar-refractivity contribution in [2.24, 2.45) is 0 Å². The van der Waals surface area contributed by atoms with Crippen LogP contribution in [0.15, 0.2) is 54.6 Å². The zero-order valence-corrected chi connectivity index (χ0v) is 17.7. The van der Waals surface area contributed by atoms with Gasteiger partial charge >= 0.3 is 5.97 Å². The van der Waals surface area contributed by atoms with Gasteiger partial charge in [0, 0.05) is 50.3 Å². The van der Waals surface area contributed by atoms with E-state index in [4.69, 9.17) is 9.47 Å². The summed E-state index contributed by atoms with van der Waals surface area (Å²) in [6.07, 6.45) is 3.97. The molecule has 162 valence electrons. The number of nitrogens with zero attached hydrogens (tertiary/aromatic N) is 2. The average molecular weight is 422 g/mol. The van der Waals surface area contributed by atoms with Gasteiger partial charge in [0.05, 0.1) is 7.11 Å². The maximum Gasteiger partial charge on any atom is 0.308 e. The van der Waals surface area contributed by atoms with Crippen LogP contribution in [0.4, 0.5) is 0 Å². The van der Waals surface area contributed by atoms with E-state index in [9.17, 15) is 14.4 Å². The van der Waals surface area contributed by atoms with Crippen LogP contribution >= 0.6 is 0 Å². The third kappa shape index (κ3) is 5.94. The van der Waals surface area contributed by atoms with E-state index in [0.29, 0.717) is 49.7 Å². The first-order chi connectivity index (χ1) is 15.0. The Bertz CT molecular complexity index is 985. The summed E-state index contributed by atoms with van der Waals surface area (Å²) in [5.41, 5.74) is 1.28. The number of para-hydroxylation sites is 1. The van der Waals surface area contributed by atoms with E-state index in [1.54, 1.807) is 47.3 Å². The van der Waals surface area contributed by atoms with Gasteiger partial charge in [0.1, 0.15) is 11.5 Å². The number of esters is 1. The van der Waals surface area contributed by atoms with Gasteiger partial charge in [-0.05, 0) is 36.8 Å². The summed E-state index contributed by atoms with van der Waals surface area (Å²) in [6, 6.07) is 14.1. The van der Waals surface area contributed by atoms with Crippen molar-refractivity contribution in [2.45, 2.75) is 13.3 Å². The van der Waals surface area contributed by atoms with Gasteiger partial charge in [-0.1, -0.05) is 24.3 Å². The van der Waals surface area contributed by atoms with Gasteiger partial charge in [-0.3, -0.25) is 14.4 Å². The van der Waals surface area contributed by atoms with Crippen molar-refractivity contribution < 1.29 is 23.9 Å². The van der Waals surface area contributed by atoms with Crippen molar-refractivity contribution in [2.75, 3.05) is 33.3 Å². The predicted octanol–water partition coefficient (Wildman–Crippen LogP) is 3.01. The molecule has 2 aromatic carbocycles. The van der Waals surface area contributed by atoms with Crippen molar-refractivity contribution in [1.82, 2.24) is 9.80 Å². The lowest BCUT2D eigenvalue weighted by atomic mass is 10.2. The van der Waals surface area contributed by atoms with E-state index in [2.05, 4.69) is 0 Å². The van der Waals surface area contributed by atoms with Crippen LogP contribution in [0.5, 0.6) is 11.5 Å². The van der Waals surface area contributed by atoms with Crippen LogP contribution in [0, 0.1) is 0 Å². The standard InChI is InChI=1S/C24H26N2O5/c1-18(27)31-21-9-5-8-20(17-21)24(29)26-14-6-13-25(15-16-26)23(28)12-11-19-7-3-4-10-22(19)30-2/h3-5,7-12,17H,6,13-16H2,1-2H3/b12-11+. The van der Waals surface area contributed by atoms with E-state index < -0.39 is 5.97 Å². The lowest BCUT2D eigenvalue weighted by Crippen LogP contribution is -2.36. The summed E-state index contributed by atoms with van der Waals surface area (Å²) >= 11 is 0. The first-order valence-corrected chi connectivity index (χ1v) is 10.2. The molecule has 0 aliphatic carbocycles. The highest BCUT2D eigenvalue weighted by Gasteiger charge is 2.22. The third-order valence-electron chi connectivity index (χ3n) is 4.98. The molecular formula is C24H26N2O5. The quantitative estimate of drug-likeness (QED) is 0.421. The molecule has 0 bridgehead atoms. The van der Waals surface area contributed by atoms with Crippen molar-refractivity contribution in [3.05, 3.63) is 65.7 Å². The summed E-state index contributed by atoms with van der Waals surface area (Å²) in [5.74, 6) is 0.362. The smallest absolute Gasteiger partial charge is 0.308 e. The predicted molar refractivity (Wildman–Crippen MR) is 117 cm³/mol. The Balaban J connectivity index is 1.62. The molecule has 1 heterocycles. The highest BCUT2D eigenvalue weighted by Crippen LogP contribution is 2.19. The molecule has 7 nitrogen and oxygen atoms in total. The number of amides is 2. The number of carbonyl (C=O) groups is 3. The van der Waals surface area contributed by atoms with Gasteiger partial charge in [-0.25, -0.2) is 0 Å². The number of hydrogen-bond acceptors (Lipinski definition) is 5. The van der Waals surface area contributed by atoms with Gasteiger partial charge in [-0.2, -0.15) is 0 Å². The zero-order chi connectivity index (χ0) is 22.2. The Morgan fingerprint density at radius 2 is 1.68 bits per heavy atom. The van der Waals surface area contributed by atoms with Gasteiger partial charge in [-0.15, -0.1) is 0 Å². The normalized spacial score (nSPS) is 14.3. The molecule has 0 N–H and O–H groups in total. The molecule has 31 heavy (non-hydrogen) atoms. The van der Waals surface area contributed by atoms with Crippen LogP contribution in [-0.2, 0) is 9.59 Å². The van der Waals surface area contributed by atoms with Crippen LogP contribution < -0.4 is 9.47 Å². The molecule has 2 aromatic rings. The molecule has 0 spiro atoms. The van der Waals surface area contributed by atoms with Gasteiger partial charge in [0.15, 0.2) is 0 Å². The maximum absolute atomic E-state index is 12.9. The fourth-order valence-corrected chi connectivity index (χ4v) is 3.45. The highest BCUT2D eigenvalue weighted by atomic mass is 16.5. The number of rotatable bonds is 5. The van der Waals surface area contributed by atoms with Crippen LogP contribution in [0.2, 0.25) is 0 Å². The number of ether oxygens (including phenoxy) is 2. The Morgan fingerprint density at radius 3 is 2.45 bits per heavy atom. The minimum Gasteiger partial charge on any atom is -0.496 e. The van der Waals surface area contributed by atoms with Gasteiger partial charge in [0.25, 0.3) is 5.91 Å². The summed E-state index contributed by atoms with van der Waals surface area (Å²) in [4.78, 5) is 40.2. The molecule has 1 saturated heterocycles. The lowest BCUT2D eigenvalue weighted by Gasteiger charge is -2.21. The Hall–Kier alpha value is -3.61. The summed E-state index contributed by atoms with van der Waals surface area (Å²) < 4.78 is 10.4. The monoisotopic (exact) mass is 422 g/mol. The fraction of sp³-hybridized carbons (Fsp3) is 0.292. The summed E-state index contributed by atoms with van der Waals surface area (Å²) in [7, 11) is 1.59. The second-order valence-corrected chi connectivity index (χ2v) is 7.17. The van der Waals surface area contributed by atoms with Crippen molar-refractivity contribution in [3.63, 3.8) is 0 Å². The second-order valence-electron chi connectivity index (χ2n) is 7.17.